The Morgan fingerprint density at radius 2 is 0.917 bits per heavy atom. The van der Waals surface area contributed by atoms with Crippen molar-refractivity contribution in [3.63, 3.8) is 0 Å². The number of nitrogens with one attached hydrogen (secondary N) is 2. The molecule has 3 rings (SSSR count). The van der Waals surface area contributed by atoms with E-state index in [1.165, 1.54) is 34.5 Å². The highest BCUT2D eigenvalue weighted by atomic mass is 32.2. The summed E-state index contributed by atoms with van der Waals surface area (Å²) < 4.78 is 78.2. The van der Waals surface area contributed by atoms with Crippen LogP contribution in [0, 0.1) is 0 Å². The molecule has 0 amide bonds. The standard InChI is InChI=1S/C24H28N2O8S2/c1-31-19-9-5-17(6-10-19)15-25-35(27,28)23-14-24(22(34-4)13-21(23)33-3)36(29,30)26-16-18-7-11-20(32-2)12-8-18/h5-14,25-26H,15-16H2,1-4H3. The third kappa shape index (κ3) is 6.46. The van der Waals surface area contributed by atoms with Gasteiger partial charge < -0.3 is 18.9 Å². The Labute approximate surface area is 211 Å². The maximum absolute atomic E-state index is 13.1. The van der Waals surface area contributed by atoms with Gasteiger partial charge in [0.15, 0.2) is 0 Å². The maximum atomic E-state index is 13.1. The van der Waals surface area contributed by atoms with Crippen LogP contribution in [0.3, 0.4) is 0 Å². The average Bonchev–Trinajstić information content (AvgIpc) is 2.90. The van der Waals surface area contributed by atoms with E-state index in [2.05, 4.69) is 9.44 Å². The quantitative estimate of drug-likeness (QED) is 0.362. The smallest absolute Gasteiger partial charge is 0.244 e. The van der Waals surface area contributed by atoms with Crippen LogP contribution in [0.15, 0.2) is 70.5 Å². The van der Waals surface area contributed by atoms with Gasteiger partial charge in [-0.15, -0.1) is 0 Å². The van der Waals surface area contributed by atoms with Crippen LogP contribution in [0.5, 0.6) is 23.0 Å². The topological polar surface area (TPSA) is 129 Å². The minimum Gasteiger partial charge on any atom is -0.497 e. The molecule has 2 N–H and O–H groups in total. The summed E-state index contributed by atoms with van der Waals surface area (Å²) in [6.45, 7) is -0.0569. The third-order valence-electron chi connectivity index (χ3n) is 5.28. The lowest BCUT2D eigenvalue weighted by molar-refractivity contribution is 0.378. The van der Waals surface area contributed by atoms with Crippen LogP contribution in [0.25, 0.3) is 0 Å². The highest BCUT2D eigenvalue weighted by molar-refractivity contribution is 7.90. The molecule has 10 nitrogen and oxygen atoms in total. The second-order valence-corrected chi connectivity index (χ2v) is 11.0. The minimum atomic E-state index is -4.17. The van der Waals surface area contributed by atoms with Crippen molar-refractivity contribution in [3.05, 3.63) is 71.8 Å². The van der Waals surface area contributed by atoms with E-state index >= 15 is 0 Å². The highest BCUT2D eigenvalue weighted by Gasteiger charge is 2.28. The van der Waals surface area contributed by atoms with Crippen LogP contribution in [0.4, 0.5) is 0 Å². The summed E-state index contributed by atoms with van der Waals surface area (Å²) in [6.07, 6.45) is 0. The Morgan fingerprint density at radius 1 is 0.556 bits per heavy atom. The molecule has 0 aliphatic carbocycles. The van der Waals surface area contributed by atoms with Gasteiger partial charge in [-0.05, 0) is 41.5 Å². The van der Waals surface area contributed by atoms with Crippen LogP contribution in [-0.2, 0) is 33.1 Å². The van der Waals surface area contributed by atoms with Gasteiger partial charge >= 0.3 is 0 Å². The first-order valence-electron chi connectivity index (χ1n) is 10.6. The summed E-state index contributed by atoms with van der Waals surface area (Å²) in [5.74, 6) is 1.14. The summed E-state index contributed by atoms with van der Waals surface area (Å²) in [5.41, 5.74) is 1.36. The second kappa shape index (κ2) is 11.6. The molecule has 36 heavy (non-hydrogen) atoms. The molecule has 0 aliphatic rings. The third-order valence-corrected chi connectivity index (χ3v) is 8.12. The zero-order chi connectivity index (χ0) is 26.3. The molecule has 12 heteroatoms. The van der Waals surface area contributed by atoms with Gasteiger partial charge in [0.1, 0.15) is 32.8 Å². The fourth-order valence-corrected chi connectivity index (χ4v) is 5.72. The first kappa shape index (κ1) is 27.3. The van der Waals surface area contributed by atoms with Crippen molar-refractivity contribution in [1.29, 1.82) is 0 Å². The Hall–Kier alpha value is -3.32. The molecule has 3 aromatic carbocycles. The van der Waals surface area contributed by atoms with Gasteiger partial charge in [-0.2, -0.15) is 0 Å². The summed E-state index contributed by atoms with van der Waals surface area (Å²) in [4.78, 5) is -0.687. The lowest BCUT2D eigenvalue weighted by Crippen LogP contribution is -2.26. The lowest BCUT2D eigenvalue weighted by atomic mass is 10.2. The van der Waals surface area contributed by atoms with E-state index in [-0.39, 0.29) is 34.4 Å². The number of benzene rings is 3. The van der Waals surface area contributed by atoms with Crippen LogP contribution >= 0.6 is 0 Å². The first-order chi connectivity index (χ1) is 17.1. The number of rotatable bonds is 12. The van der Waals surface area contributed by atoms with Crippen molar-refractivity contribution < 1.29 is 35.8 Å². The molecule has 0 heterocycles. The van der Waals surface area contributed by atoms with Crippen LogP contribution < -0.4 is 28.4 Å². The SMILES string of the molecule is COc1ccc(CNS(=O)(=O)c2cc(S(=O)(=O)NCc3ccc(OC)cc3)c(OC)cc2OC)cc1. The van der Waals surface area contributed by atoms with Crippen molar-refractivity contribution >= 4 is 20.0 Å². The monoisotopic (exact) mass is 536 g/mol. The van der Waals surface area contributed by atoms with Gasteiger partial charge in [0.25, 0.3) is 0 Å². The van der Waals surface area contributed by atoms with E-state index in [0.717, 1.165) is 6.07 Å². The van der Waals surface area contributed by atoms with E-state index < -0.39 is 20.0 Å². The second-order valence-electron chi connectivity index (χ2n) is 7.50. The van der Waals surface area contributed by atoms with Gasteiger partial charge in [0.2, 0.25) is 20.0 Å². The molecular weight excluding hydrogens is 508 g/mol. The number of methoxy groups -OCH3 is 4. The normalized spacial score (nSPS) is 11.7. The summed E-state index contributed by atoms with van der Waals surface area (Å²) >= 11 is 0. The van der Waals surface area contributed by atoms with Crippen molar-refractivity contribution in [2.75, 3.05) is 28.4 Å². The highest BCUT2D eigenvalue weighted by Crippen LogP contribution is 2.35. The fourth-order valence-electron chi connectivity index (χ4n) is 3.26. The Kier molecular flexibility index (Phi) is 8.79. The van der Waals surface area contributed by atoms with Crippen LogP contribution in [0.2, 0.25) is 0 Å². The van der Waals surface area contributed by atoms with Gasteiger partial charge in [0, 0.05) is 19.2 Å². The summed E-state index contributed by atoms with van der Waals surface area (Å²) in [7, 11) is -2.70. The van der Waals surface area contributed by atoms with Gasteiger partial charge in [0.05, 0.1) is 28.4 Å². The number of hydrogen-bond acceptors (Lipinski definition) is 8. The van der Waals surface area contributed by atoms with Gasteiger partial charge in [-0.3, -0.25) is 0 Å². The molecular formula is C24H28N2O8S2. The van der Waals surface area contributed by atoms with Crippen LogP contribution in [0.1, 0.15) is 11.1 Å². The number of sulfonamides is 2. The molecule has 3 aromatic rings. The molecule has 0 aromatic heterocycles. The minimum absolute atomic E-state index is 0.0285. The predicted molar refractivity (Wildman–Crippen MR) is 134 cm³/mol. The summed E-state index contributed by atoms with van der Waals surface area (Å²) in [6, 6.07) is 15.9. The van der Waals surface area contributed by atoms with Gasteiger partial charge in [-0.1, -0.05) is 24.3 Å². The van der Waals surface area contributed by atoms with E-state index in [1.807, 2.05) is 0 Å². The largest absolute Gasteiger partial charge is 0.497 e. The Balaban J connectivity index is 1.89. The molecule has 194 valence electrons. The Morgan fingerprint density at radius 3 is 1.22 bits per heavy atom. The molecule has 0 fully saturated rings. The molecule has 0 aliphatic heterocycles. The molecule has 0 spiro atoms. The number of ether oxygens (including phenoxy) is 4. The van der Waals surface area contributed by atoms with Crippen LogP contribution in [-0.4, -0.2) is 45.3 Å². The lowest BCUT2D eigenvalue weighted by Gasteiger charge is -2.16. The first-order valence-corrected chi connectivity index (χ1v) is 13.6. The van der Waals surface area contributed by atoms with E-state index in [0.29, 0.717) is 22.6 Å². The van der Waals surface area contributed by atoms with E-state index in [4.69, 9.17) is 18.9 Å². The predicted octanol–water partition coefficient (Wildman–Crippen LogP) is 2.68. The van der Waals surface area contributed by atoms with Crippen molar-refractivity contribution in [3.8, 4) is 23.0 Å². The molecule has 0 saturated carbocycles. The van der Waals surface area contributed by atoms with Crippen molar-refractivity contribution in [1.82, 2.24) is 9.44 Å². The van der Waals surface area contributed by atoms with Crippen molar-refractivity contribution in [2.24, 2.45) is 0 Å². The zero-order valence-electron chi connectivity index (χ0n) is 20.3. The molecule has 0 radical (unpaired) electrons. The van der Waals surface area contributed by atoms with Gasteiger partial charge in [-0.25, -0.2) is 26.3 Å². The fraction of sp³-hybridized carbons (Fsp3) is 0.250. The van der Waals surface area contributed by atoms with E-state index in [9.17, 15) is 16.8 Å². The summed E-state index contributed by atoms with van der Waals surface area (Å²) in [5, 5.41) is 0. The molecule has 0 bridgehead atoms. The van der Waals surface area contributed by atoms with Crippen molar-refractivity contribution in [2.45, 2.75) is 22.9 Å². The molecule has 0 unspecified atom stereocenters. The molecule has 0 saturated heterocycles. The van der Waals surface area contributed by atoms with E-state index in [1.54, 1.807) is 48.5 Å². The molecule has 0 atom stereocenters. The Bertz CT molecular complexity index is 1280. The zero-order valence-corrected chi connectivity index (χ0v) is 21.9. The average molecular weight is 537 g/mol. The number of hydrogen-bond donors (Lipinski definition) is 2. The maximum Gasteiger partial charge on any atom is 0.244 e.